The molecule has 0 spiro atoms. The van der Waals surface area contributed by atoms with Crippen LogP contribution in [0.2, 0.25) is 5.02 Å². The van der Waals surface area contributed by atoms with E-state index >= 15 is 0 Å². The first-order valence-corrected chi connectivity index (χ1v) is 5.08. The number of rotatable bonds is 3. The molecule has 2 nitrogen and oxygen atoms in total. The van der Waals surface area contributed by atoms with Gasteiger partial charge in [-0.15, -0.1) is 0 Å². The fourth-order valence-electron chi connectivity index (χ4n) is 0.926. The summed E-state index contributed by atoms with van der Waals surface area (Å²) in [6.45, 7) is 0. The van der Waals surface area contributed by atoms with E-state index in [4.69, 9.17) is 11.6 Å². The van der Waals surface area contributed by atoms with Crippen LogP contribution in [-0.4, -0.2) is 11.3 Å². The third kappa shape index (κ3) is 2.27. The number of aromatic nitrogens is 1. The van der Waals surface area contributed by atoms with E-state index in [0.717, 1.165) is 0 Å². The van der Waals surface area contributed by atoms with Gasteiger partial charge >= 0.3 is 0 Å². The fourth-order valence-corrected chi connectivity index (χ4v) is 1.44. The van der Waals surface area contributed by atoms with Crippen LogP contribution in [-0.2, 0) is 5.33 Å². The number of pyridine rings is 1. The zero-order chi connectivity index (χ0) is 10.7. The van der Waals surface area contributed by atoms with Crippen molar-refractivity contribution in [2.75, 3.05) is 0 Å². The molecule has 1 aromatic heterocycles. The van der Waals surface area contributed by atoms with Crippen molar-refractivity contribution in [3.8, 4) is 0 Å². The summed E-state index contributed by atoms with van der Waals surface area (Å²) in [6, 6.07) is 1.37. The molecule has 0 aromatic carbocycles. The van der Waals surface area contributed by atoms with Crippen LogP contribution in [0.5, 0.6) is 0 Å². The number of hydrogen-bond acceptors (Lipinski definition) is 2. The third-order valence-electron chi connectivity index (χ3n) is 1.54. The van der Waals surface area contributed by atoms with Crippen molar-refractivity contribution in [3.63, 3.8) is 0 Å². The average molecular weight is 284 g/mol. The van der Waals surface area contributed by atoms with E-state index in [-0.39, 0.29) is 10.6 Å². The molecule has 0 radical (unpaired) electrons. The Bertz CT molecular complexity index is 359. The zero-order valence-corrected chi connectivity index (χ0v) is 9.15. The molecule has 0 N–H and O–H groups in total. The Morgan fingerprint density at radius 2 is 2.29 bits per heavy atom. The number of halogens is 4. The minimum Gasteiger partial charge on any atom is -0.298 e. The van der Waals surface area contributed by atoms with Gasteiger partial charge in [0.2, 0.25) is 0 Å². The summed E-state index contributed by atoms with van der Waals surface area (Å²) in [6.07, 6.45) is -2.35. The summed E-state index contributed by atoms with van der Waals surface area (Å²) >= 11 is 8.61. The van der Waals surface area contributed by atoms with Crippen molar-refractivity contribution >= 4 is 33.8 Å². The highest BCUT2D eigenvalue weighted by Crippen LogP contribution is 2.28. The highest BCUT2D eigenvalue weighted by Gasteiger charge is 2.17. The molecule has 1 heterocycles. The summed E-state index contributed by atoms with van der Waals surface area (Å²) in [5, 5.41) is 0.0183. The highest BCUT2D eigenvalue weighted by atomic mass is 79.9. The predicted octanol–water partition coefficient (Wildman–Crippen LogP) is 3.38. The van der Waals surface area contributed by atoms with Gasteiger partial charge in [0.1, 0.15) is 5.69 Å². The topological polar surface area (TPSA) is 30.0 Å². The van der Waals surface area contributed by atoms with Crippen molar-refractivity contribution in [1.82, 2.24) is 4.98 Å². The molecule has 0 atom stereocenters. The van der Waals surface area contributed by atoms with Crippen LogP contribution in [0.4, 0.5) is 8.78 Å². The van der Waals surface area contributed by atoms with Crippen LogP contribution in [0.25, 0.3) is 0 Å². The van der Waals surface area contributed by atoms with E-state index in [2.05, 4.69) is 20.9 Å². The second-order valence-corrected chi connectivity index (χ2v) is 3.39. The Morgan fingerprint density at radius 1 is 1.64 bits per heavy atom. The number of nitrogens with zero attached hydrogens (tertiary/aromatic N) is 1. The van der Waals surface area contributed by atoms with E-state index in [1.54, 1.807) is 0 Å². The number of hydrogen-bond donors (Lipinski definition) is 0. The van der Waals surface area contributed by atoms with Gasteiger partial charge in [0.25, 0.3) is 6.43 Å². The van der Waals surface area contributed by atoms with E-state index < -0.39 is 12.1 Å². The Kier molecular flexibility index (Phi) is 3.95. The van der Waals surface area contributed by atoms with Gasteiger partial charge < -0.3 is 0 Å². The average Bonchev–Trinajstić information content (AvgIpc) is 2.17. The second kappa shape index (κ2) is 4.79. The lowest BCUT2D eigenvalue weighted by Crippen LogP contribution is -1.99. The van der Waals surface area contributed by atoms with Gasteiger partial charge in [0, 0.05) is 10.9 Å². The van der Waals surface area contributed by atoms with Crippen LogP contribution in [0.3, 0.4) is 0 Å². The molecular weight excluding hydrogens is 279 g/mol. The molecule has 0 unspecified atom stereocenters. The van der Waals surface area contributed by atoms with Crippen LogP contribution in [0, 0.1) is 0 Å². The quantitative estimate of drug-likeness (QED) is 0.629. The van der Waals surface area contributed by atoms with Crippen molar-refractivity contribution in [1.29, 1.82) is 0 Å². The molecule has 0 saturated carbocycles. The van der Waals surface area contributed by atoms with E-state index in [0.29, 0.717) is 17.3 Å². The molecule has 0 bridgehead atoms. The first-order chi connectivity index (χ1) is 6.60. The molecule has 0 amide bonds. The first-order valence-electron chi connectivity index (χ1n) is 3.58. The van der Waals surface area contributed by atoms with Gasteiger partial charge in [-0.1, -0.05) is 27.5 Å². The van der Waals surface area contributed by atoms with Crippen molar-refractivity contribution in [3.05, 3.63) is 28.0 Å². The summed E-state index contributed by atoms with van der Waals surface area (Å²) in [5.41, 5.74) is -0.163. The molecule has 0 aliphatic rings. The maximum atomic E-state index is 12.4. The van der Waals surface area contributed by atoms with Crippen molar-refractivity contribution in [2.45, 2.75) is 11.8 Å². The van der Waals surface area contributed by atoms with Crippen LogP contribution in [0.1, 0.15) is 28.2 Å². The van der Waals surface area contributed by atoms with E-state index in [9.17, 15) is 13.6 Å². The monoisotopic (exact) mass is 283 g/mol. The summed E-state index contributed by atoms with van der Waals surface area (Å²) in [7, 11) is 0. The molecule has 1 aromatic rings. The normalized spacial score (nSPS) is 10.6. The van der Waals surface area contributed by atoms with Gasteiger partial charge in [-0.2, -0.15) is 0 Å². The van der Waals surface area contributed by atoms with Crippen LogP contribution >= 0.6 is 27.5 Å². The summed E-state index contributed by atoms with van der Waals surface area (Å²) in [5.74, 6) is 0. The van der Waals surface area contributed by atoms with Gasteiger partial charge in [-0.25, -0.2) is 13.8 Å². The lowest BCUT2D eigenvalue weighted by Gasteiger charge is -2.06. The Labute approximate surface area is 92.4 Å². The van der Waals surface area contributed by atoms with Gasteiger partial charge in [0.15, 0.2) is 6.29 Å². The second-order valence-electron chi connectivity index (χ2n) is 2.45. The number of carbonyl (C=O) groups excluding carboxylic acids is 1. The molecule has 6 heteroatoms. The molecule has 76 valence electrons. The van der Waals surface area contributed by atoms with Crippen molar-refractivity contribution in [2.24, 2.45) is 0 Å². The lowest BCUT2D eigenvalue weighted by atomic mass is 10.2. The molecule has 0 aliphatic carbocycles. The van der Waals surface area contributed by atoms with Gasteiger partial charge in [0.05, 0.1) is 10.7 Å². The van der Waals surface area contributed by atoms with Crippen molar-refractivity contribution < 1.29 is 13.6 Å². The maximum absolute atomic E-state index is 12.4. The SMILES string of the molecule is O=Cc1cc(CBr)nc(C(F)F)c1Cl. The highest BCUT2D eigenvalue weighted by molar-refractivity contribution is 9.08. The Balaban J connectivity index is 3.34. The first kappa shape index (κ1) is 11.5. The molecule has 0 saturated heterocycles. The number of carbonyl (C=O) groups is 1. The number of aldehydes is 1. The van der Waals surface area contributed by atoms with Crippen LogP contribution < -0.4 is 0 Å². The van der Waals surface area contributed by atoms with Crippen LogP contribution in [0.15, 0.2) is 6.07 Å². The summed E-state index contributed by atoms with van der Waals surface area (Å²) < 4.78 is 24.8. The fraction of sp³-hybridized carbons (Fsp3) is 0.250. The Hall–Kier alpha value is -0.550. The number of alkyl halides is 3. The minimum atomic E-state index is -2.78. The van der Waals surface area contributed by atoms with E-state index in [1.165, 1.54) is 6.07 Å². The van der Waals surface area contributed by atoms with Gasteiger partial charge in [-0.3, -0.25) is 4.79 Å². The molecule has 14 heavy (non-hydrogen) atoms. The zero-order valence-electron chi connectivity index (χ0n) is 6.81. The maximum Gasteiger partial charge on any atom is 0.281 e. The standard InChI is InChI=1S/C8H5BrClF2NO/c9-2-5-1-4(3-14)6(10)7(13-5)8(11)12/h1,3,8H,2H2. The molecular formula is C8H5BrClF2NO. The Morgan fingerprint density at radius 3 is 2.71 bits per heavy atom. The third-order valence-corrected chi connectivity index (χ3v) is 2.52. The van der Waals surface area contributed by atoms with Gasteiger partial charge in [-0.05, 0) is 6.07 Å². The smallest absolute Gasteiger partial charge is 0.281 e. The predicted molar refractivity (Wildman–Crippen MR) is 52.2 cm³/mol. The minimum absolute atomic E-state index is 0.0337. The van der Waals surface area contributed by atoms with E-state index in [1.807, 2.05) is 0 Å². The largest absolute Gasteiger partial charge is 0.298 e. The summed E-state index contributed by atoms with van der Waals surface area (Å²) in [4.78, 5) is 14.1. The molecule has 0 aliphatic heterocycles. The molecule has 1 rings (SSSR count). The molecule has 0 fully saturated rings. The lowest BCUT2D eigenvalue weighted by molar-refractivity contribution is 0.112.